The lowest BCUT2D eigenvalue weighted by atomic mass is 10.2. The van der Waals surface area contributed by atoms with Crippen LogP contribution in [0.4, 0.5) is 22.7 Å². The summed E-state index contributed by atoms with van der Waals surface area (Å²) in [7, 11) is 0. The van der Waals surface area contributed by atoms with Crippen LogP contribution in [0.3, 0.4) is 0 Å². The third-order valence-corrected chi connectivity index (χ3v) is 4.50. The number of nitro benzene ring substituents is 2. The van der Waals surface area contributed by atoms with Crippen molar-refractivity contribution in [1.82, 2.24) is 0 Å². The minimum absolute atomic E-state index is 0.0419. The fraction of sp³-hybridized carbons (Fsp3) is 0.455. The van der Waals surface area contributed by atoms with Gasteiger partial charge in [-0.1, -0.05) is 0 Å². The molecule has 0 saturated carbocycles. The number of anilines is 2. The third kappa shape index (κ3) is 10.7. The predicted molar refractivity (Wildman–Crippen MR) is 129 cm³/mol. The molecule has 0 bridgehead atoms. The summed E-state index contributed by atoms with van der Waals surface area (Å²) >= 11 is 0. The maximum absolute atomic E-state index is 10.7. The Morgan fingerprint density at radius 1 is 0.556 bits per heavy atom. The Hall–Kier alpha value is -3.72. The molecule has 0 aromatic heterocycles. The highest BCUT2D eigenvalue weighted by Gasteiger charge is 2.12. The van der Waals surface area contributed by atoms with Crippen LogP contribution in [0.2, 0.25) is 0 Å². The van der Waals surface area contributed by atoms with Crippen molar-refractivity contribution in [2.75, 3.05) is 77.5 Å². The highest BCUT2D eigenvalue weighted by atomic mass is 16.6. The second-order valence-corrected chi connectivity index (χ2v) is 7.10. The predicted octanol–water partition coefficient (Wildman–Crippen LogP) is 2.19. The SMILES string of the molecule is Nc1cc(OCCOCCOCCOCCOCCOc2ccc([N+](=O)[O-])c(N)c2)ccc1[N+](=O)[O-]. The van der Waals surface area contributed by atoms with Crippen molar-refractivity contribution in [1.29, 1.82) is 0 Å². The third-order valence-electron chi connectivity index (χ3n) is 4.50. The van der Waals surface area contributed by atoms with Crippen LogP contribution < -0.4 is 20.9 Å². The molecule has 198 valence electrons. The number of ether oxygens (including phenoxy) is 6. The summed E-state index contributed by atoms with van der Waals surface area (Å²) in [5.74, 6) is 0.863. The van der Waals surface area contributed by atoms with Crippen molar-refractivity contribution in [2.45, 2.75) is 0 Å². The zero-order chi connectivity index (χ0) is 26.2. The molecule has 14 nitrogen and oxygen atoms in total. The molecule has 4 N–H and O–H groups in total. The minimum atomic E-state index is -0.553. The largest absolute Gasteiger partial charge is 0.491 e. The first-order valence-electron chi connectivity index (χ1n) is 11.0. The van der Waals surface area contributed by atoms with Crippen molar-refractivity contribution in [3.8, 4) is 11.5 Å². The summed E-state index contributed by atoms with van der Waals surface area (Å²) in [6.45, 7) is 3.58. The van der Waals surface area contributed by atoms with Crippen LogP contribution in [0, 0.1) is 20.2 Å². The Labute approximate surface area is 207 Å². The molecule has 0 atom stereocenters. The molecule has 14 heteroatoms. The summed E-state index contributed by atoms with van der Waals surface area (Å²) in [5.41, 5.74) is 11.0. The zero-order valence-corrected chi connectivity index (χ0v) is 19.7. The average Bonchev–Trinajstić information content (AvgIpc) is 2.83. The number of benzene rings is 2. The molecule has 2 rings (SSSR count). The van der Waals surface area contributed by atoms with Gasteiger partial charge in [0, 0.05) is 24.3 Å². The van der Waals surface area contributed by atoms with Gasteiger partial charge in [-0.3, -0.25) is 20.2 Å². The van der Waals surface area contributed by atoms with E-state index in [4.69, 9.17) is 39.9 Å². The van der Waals surface area contributed by atoms with Gasteiger partial charge in [0.25, 0.3) is 11.4 Å². The number of nitrogen functional groups attached to an aromatic ring is 2. The first-order chi connectivity index (χ1) is 17.4. The molecule has 0 spiro atoms. The number of nitrogens with two attached hydrogens (primary N) is 2. The fourth-order valence-electron chi connectivity index (χ4n) is 2.78. The molecule has 0 aliphatic rings. The van der Waals surface area contributed by atoms with Gasteiger partial charge >= 0.3 is 0 Å². The van der Waals surface area contributed by atoms with E-state index in [1.807, 2.05) is 0 Å². The molecular formula is C22H30N4O10. The molecule has 0 saturated heterocycles. The summed E-state index contributed by atoms with van der Waals surface area (Å²) in [6.07, 6.45) is 0. The second-order valence-electron chi connectivity index (χ2n) is 7.10. The van der Waals surface area contributed by atoms with E-state index in [1.165, 1.54) is 36.4 Å². The van der Waals surface area contributed by atoms with Crippen molar-refractivity contribution in [2.24, 2.45) is 0 Å². The quantitative estimate of drug-likeness (QED) is 0.121. The lowest BCUT2D eigenvalue weighted by Crippen LogP contribution is -2.14. The number of rotatable bonds is 19. The highest BCUT2D eigenvalue weighted by molar-refractivity contribution is 5.61. The molecule has 0 aliphatic heterocycles. The number of nitrogens with zero attached hydrogens (tertiary/aromatic N) is 2. The van der Waals surface area contributed by atoms with Gasteiger partial charge in [-0.15, -0.1) is 0 Å². The van der Waals surface area contributed by atoms with E-state index in [0.29, 0.717) is 64.4 Å². The van der Waals surface area contributed by atoms with Gasteiger partial charge in [-0.2, -0.15) is 0 Å². The number of nitro groups is 2. The summed E-state index contributed by atoms with van der Waals surface area (Å²) in [5, 5.41) is 21.5. The standard InChI is InChI=1S/C22H30N4O10/c23-19-15-17(1-3-21(19)25(27)28)35-13-11-33-9-7-31-5-6-32-8-10-34-12-14-36-18-2-4-22(26(29)30)20(24)16-18/h1-4,15-16H,5-14,23-24H2. The first kappa shape index (κ1) is 28.5. The summed E-state index contributed by atoms with van der Waals surface area (Å²) in [6, 6.07) is 8.36. The van der Waals surface area contributed by atoms with E-state index < -0.39 is 9.85 Å². The first-order valence-corrected chi connectivity index (χ1v) is 11.0. The second kappa shape index (κ2) is 16.0. The van der Waals surface area contributed by atoms with Crippen LogP contribution in [0.25, 0.3) is 0 Å². The molecule has 0 unspecified atom stereocenters. The van der Waals surface area contributed by atoms with Gasteiger partial charge in [0.2, 0.25) is 0 Å². The van der Waals surface area contributed by atoms with Gasteiger partial charge in [-0.05, 0) is 12.1 Å². The van der Waals surface area contributed by atoms with Crippen LogP contribution in [0.15, 0.2) is 36.4 Å². The van der Waals surface area contributed by atoms with Crippen molar-refractivity contribution < 1.29 is 38.3 Å². The van der Waals surface area contributed by atoms with Crippen molar-refractivity contribution in [3.63, 3.8) is 0 Å². The molecule has 0 radical (unpaired) electrons. The van der Waals surface area contributed by atoms with Crippen LogP contribution in [-0.4, -0.2) is 75.9 Å². The molecule has 0 aliphatic carbocycles. The van der Waals surface area contributed by atoms with Gasteiger partial charge < -0.3 is 39.9 Å². The Bertz CT molecular complexity index is 898. The van der Waals surface area contributed by atoms with E-state index in [0.717, 1.165) is 0 Å². The van der Waals surface area contributed by atoms with Crippen LogP contribution >= 0.6 is 0 Å². The van der Waals surface area contributed by atoms with Crippen molar-refractivity contribution in [3.05, 3.63) is 56.6 Å². The zero-order valence-electron chi connectivity index (χ0n) is 19.7. The van der Waals surface area contributed by atoms with E-state index in [1.54, 1.807) is 0 Å². The smallest absolute Gasteiger partial charge is 0.292 e. The highest BCUT2D eigenvalue weighted by Crippen LogP contribution is 2.26. The Kier molecular flexibility index (Phi) is 12.7. The Morgan fingerprint density at radius 2 is 0.861 bits per heavy atom. The van der Waals surface area contributed by atoms with Gasteiger partial charge in [-0.25, -0.2) is 0 Å². The maximum Gasteiger partial charge on any atom is 0.292 e. The molecule has 0 heterocycles. The maximum atomic E-state index is 10.7. The minimum Gasteiger partial charge on any atom is -0.491 e. The fourth-order valence-corrected chi connectivity index (χ4v) is 2.78. The molecule has 2 aromatic carbocycles. The molecule has 0 fully saturated rings. The number of hydrogen-bond acceptors (Lipinski definition) is 12. The summed E-state index contributed by atoms with van der Waals surface area (Å²) < 4.78 is 32.4. The van der Waals surface area contributed by atoms with Gasteiger partial charge in [0.05, 0.1) is 62.7 Å². The number of hydrogen-bond donors (Lipinski definition) is 2. The molecular weight excluding hydrogens is 480 g/mol. The molecule has 0 amide bonds. The topological polar surface area (TPSA) is 194 Å². The summed E-state index contributed by atoms with van der Waals surface area (Å²) in [4.78, 5) is 20.4. The van der Waals surface area contributed by atoms with E-state index >= 15 is 0 Å². The van der Waals surface area contributed by atoms with Crippen molar-refractivity contribution >= 4 is 22.7 Å². The van der Waals surface area contributed by atoms with Gasteiger partial charge in [0.1, 0.15) is 36.1 Å². The lowest BCUT2D eigenvalue weighted by Gasteiger charge is -2.09. The van der Waals surface area contributed by atoms with Crippen LogP contribution in [-0.2, 0) is 18.9 Å². The Morgan fingerprint density at radius 3 is 1.14 bits per heavy atom. The average molecular weight is 511 g/mol. The van der Waals surface area contributed by atoms with E-state index in [-0.39, 0.29) is 36.0 Å². The van der Waals surface area contributed by atoms with Crippen LogP contribution in [0.1, 0.15) is 0 Å². The molecule has 2 aromatic rings. The Balaban J connectivity index is 1.36. The van der Waals surface area contributed by atoms with Gasteiger partial charge in [0.15, 0.2) is 0 Å². The normalized spacial score (nSPS) is 10.8. The monoisotopic (exact) mass is 510 g/mol. The lowest BCUT2D eigenvalue weighted by molar-refractivity contribution is -0.384. The van der Waals surface area contributed by atoms with E-state index in [2.05, 4.69) is 0 Å². The van der Waals surface area contributed by atoms with E-state index in [9.17, 15) is 20.2 Å². The van der Waals surface area contributed by atoms with Crippen LogP contribution in [0.5, 0.6) is 11.5 Å². The molecule has 36 heavy (non-hydrogen) atoms.